The highest BCUT2D eigenvalue weighted by Crippen LogP contribution is 2.46. The molecule has 0 fully saturated rings. The van der Waals surface area contributed by atoms with Gasteiger partial charge in [-0.2, -0.15) is 31.6 Å². The van der Waals surface area contributed by atoms with Crippen LogP contribution in [0.2, 0.25) is 0 Å². The van der Waals surface area contributed by atoms with Crippen molar-refractivity contribution in [1.82, 2.24) is 10.3 Å². The molecule has 0 unspecified atom stereocenters. The fourth-order valence-electron chi connectivity index (χ4n) is 2.60. The first-order valence-electron chi connectivity index (χ1n) is 8.04. The monoisotopic (exact) mass is 436 g/mol. The molecule has 0 aliphatic rings. The molecular formula is C17H14F6N4OS. The summed E-state index contributed by atoms with van der Waals surface area (Å²) < 4.78 is 82.6. The van der Waals surface area contributed by atoms with Gasteiger partial charge in [-0.25, -0.2) is 0 Å². The number of amides is 1. The van der Waals surface area contributed by atoms with Crippen LogP contribution in [0, 0.1) is 18.3 Å². The summed E-state index contributed by atoms with van der Waals surface area (Å²) in [6.07, 6.45) is -9.62. The van der Waals surface area contributed by atoms with Crippen molar-refractivity contribution in [3.05, 3.63) is 46.1 Å². The smallest absolute Gasteiger partial charge is 0.338 e. The summed E-state index contributed by atoms with van der Waals surface area (Å²) in [4.78, 5) is 16.1. The Morgan fingerprint density at radius 2 is 1.72 bits per heavy atom. The Kier molecular flexibility index (Phi) is 6.13. The quantitative estimate of drug-likeness (QED) is 0.533. The van der Waals surface area contributed by atoms with E-state index in [4.69, 9.17) is 0 Å². The average Bonchev–Trinajstić information content (AvgIpc) is 2.93. The normalized spacial score (nSPS) is 12.4. The van der Waals surface area contributed by atoms with Gasteiger partial charge in [-0.3, -0.25) is 9.78 Å². The number of aromatic nitrogens is 1. The molecule has 0 spiro atoms. The maximum atomic E-state index is 13.8. The molecule has 0 saturated carbocycles. The maximum absolute atomic E-state index is 13.8. The van der Waals surface area contributed by atoms with Gasteiger partial charge in [0.1, 0.15) is 11.1 Å². The minimum atomic E-state index is -5.98. The summed E-state index contributed by atoms with van der Waals surface area (Å²) in [5.41, 5.74) is -5.25. The van der Waals surface area contributed by atoms with Crippen LogP contribution in [-0.2, 0) is 6.42 Å². The number of halogens is 6. The number of alkyl halides is 6. The highest BCUT2D eigenvalue weighted by atomic mass is 32.1. The number of carbonyl (C=O) groups is 1. The molecule has 12 heteroatoms. The van der Waals surface area contributed by atoms with Crippen LogP contribution in [0.3, 0.4) is 0 Å². The van der Waals surface area contributed by atoms with Gasteiger partial charge in [0, 0.05) is 22.8 Å². The fraction of sp³-hybridized carbons (Fsp3) is 0.353. The van der Waals surface area contributed by atoms with Crippen molar-refractivity contribution in [2.75, 3.05) is 5.32 Å². The third-order valence-electron chi connectivity index (χ3n) is 4.07. The van der Waals surface area contributed by atoms with E-state index < -0.39 is 34.5 Å². The van der Waals surface area contributed by atoms with Crippen molar-refractivity contribution in [1.29, 1.82) is 5.26 Å². The number of pyridine rings is 1. The highest BCUT2D eigenvalue weighted by Gasteiger charge is 2.73. The van der Waals surface area contributed by atoms with Crippen LogP contribution in [0.4, 0.5) is 31.3 Å². The van der Waals surface area contributed by atoms with Gasteiger partial charge in [-0.1, -0.05) is 6.92 Å². The second kappa shape index (κ2) is 7.90. The number of anilines is 1. The molecule has 2 aromatic heterocycles. The van der Waals surface area contributed by atoms with Crippen molar-refractivity contribution in [3.63, 3.8) is 0 Å². The zero-order valence-electron chi connectivity index (χ0n) is 15.0. The lowest BCUT2D eigenvalue weighted by molar-refractivity contribution is -0.293. The Morgan fingerprint density at radius 3 is 2.17 bits per heavy atom. The molecule has 0 saturated heterocycles. The van der Waals surface area contributed by atoms with Crippen molar-refractivity contribution in [2.24, 2.45) is 0 Å². The molecule has 156 valence electrons. The van der Waals surface area contributed by atoms with Crippen molar-refractivity contribution in [3.8, 4) is 6.07 Å². The molecule has 0 bridgehead atoms. The number of nitriles is 1. The third kappa shape index (κ3) is 4.14. The number of carbonyl (C=O) groups excluding carboxylic acids is 1. The predicted molar refractivity (Wildman–Crippen MR) is 93.3 cm³/mol. The second-order valence-electron chi connectivity index (χ2n) is 5.87. The van der Waals surface area contributed by atoms with E-state index in [1.165, 1.54) is 12.2 Å². The molecule has 2 heterocycles. The van der Waals surface area contributed by atoms with E-state index in [1.54, 1.807) is 13.0 Å². The Hall–Kier alpha value is -2.81. The number of hydrogen-bond acceptors (Lipinski definition) is 5. The van der Waals surface area contributed by atoms with Crippen LogP contribution in [0.15, 0.2) is 24.5 Å². The van der Waals surface area contributed by atoms with Crippen molar-refractivity contribution < 1.29 is 31.1 Å². The van der Waals surface area contributed by atoms with Crippen LogP contribution in [0.25, 0.3) is 0 Å². The van der Waals surface area contributed by atoms with Crippen LogP contribution in [-0.4, -0.2) is 28.9 Å². The second-order valence-corrected chi connectivity index (χ2v) is 7.09. The minimum Gasteiger partial charge on any atom is -0.338 e. The van der Waals surface area contributed by atoms with Gasteiger partial charge in [0.05, 0.1) is 5.56 Å². The zero-order chi connectivity index (χ0) is 22.0. The van der Waals surface area contributed by atoms with E-state index in [1.807, 2.05) is 0 Å². The molecule has 1 amide bonds. The topological polar surface area (TPSA) is 77.8 Å². The lowest BCUT2D eigenvalue weighted by Crippen LogP contribution is -2.72. The molecular weight excluding hydrogens is 422 g/mol. The number of nitrogens with zero attached hydrogens (tertiary/aromatic N) is 2. The predicted octanol–water partition coefficient (Wildman–Crippen LogP) is 4.55. The summed E-state index contributed by atoms with van der Waals surface area (Å²) in [5.74, 6) is -1.61. The Morgan fingerprint density at radius 1 is 1.17 bits per heavy atom. The van der Waals surface area contributed by atoms with Gasteiger partial charge < -0.3 is 10.6 Å². The third-order valence-corrected chi connectivity index (χ3v) is 5.13. The first kappa shape index (κ1) is 22.5. The number of aryl methyl sites for hydroxylation is 1. The molecule has 0 aromatic carbocycles. The average molecular weight is 436 g/mol. The Bertz CT molecular complexity index is 916. The van der Waals surface area contributed by atoms with Crippen molar-refractivity contribution >= 4 is 22.2 Å². The number of rotatable bonds is 5. The molecule has 2 rings (SSSR count). The Balaban J connectivity index is 2.63. The zero-order valence-corrected chi connectivity index (χ0v) is 15.8. The molecule has 0 atom stereocenters. The molecule has 29 heavy (non-hydrogen) atoms. The maximum Gasteiger partial charge on any atom is 0.439 e. The van der Waals surface area contributed by atoms with E-state index in [-0.39, 0.29) is 12.0 Å². The standard InChI is InChI=1S/C17H14F6N4OS/c1-3-11-9(2)29-14(12(11)8-24)27-15(16(18,19)20,17(21,22)23)26-13(28)10-4-6-25-7-5-10/h4-7,27H,3H2,1-2H3,(H,26,28). The molecule has 0 aliphatic heterocycles. The van der Waals surface area contributed by atoms with Gasteiger partial charge in [-0.05, 0) is 31.0 Å². The SMILES string of the molecule is CCc1c(C)sc(NC(NC(=O)c2ccncc2)(C(F)(F)F)C(F)(F)F)c1C#N. The van der Waals surface area contributed by atoms with Gasteiger partial charge in [0.2, 0.25) is 0 Å². The lowest BCUT2D eigenvalue weighted by atomic mass is 10.1. The molecule has 2 aromatic rings. The minimum absolute atomic E-state index is 0.237. The first-order valence-corrected chi connectivity index (χ1v) is 8.86. The summed E-state index contributed by atoms with van der Waals surface area (Å²) in [6.45, 7) is 3.10. The van der Waals surface area contributed by atoms with E-state index in [9.17, 15) is 36.4 Å². The van der Waals surface area contributed by atoms with Crippen molar-refractivity contribution in [2.45, 2.75) is 38.3 Å². The summed E-state index contributed by atoms with van der Waals surface area (Å²) in [6, 6.07) is 3.58. The summed E-state index contributed by atoms with van der Waals surface area (Å²) in [7, 11) is 0. The molecule has 2 N–H and O–H groups in total. The van der Waals surface area contributed by atoms with E-state index >= 15 is 0 Å². The van der Waals surface area contributed by atoms with Crippen LogP contribution >= 0.6 is 11.3 Å². The number of nitrogens with one attached hydrogen (secondary N) is 2. The van der Waals surface area contributed by atoms with E-state index in [0.29, 0.717) is 21.8 Å². The van der Waals surface area contributed by atoms with Gasteiger partial charge in [-0.15, -0.1) is 11.3 Å². The fourth-order valence-corrected chi connectivity index (χ4v) is 3.75. The van der Waals surface area contributed by atoms with Crippen LogP contribution in [0.5, 0.6) is 0 Å². The van der Waals surface area contributed by atoms with E-state index in [0.717, 1.165) is 29.8 Å². The van der Waals surface area contributed by atoms with Crippen LogP contribution < -0.4 is 10.6 Å². The molecule has 5 nitrogen and oxygen atoms in total. The first-order chi connectivity index (χ1) is 13.4. The number of thiophene rings is 1. The van der Waals surface area contributed by atoms with Gasteiger partial charge >= 0.3 is 18.0 Å². The van der Waals surface area contributed by atoms with E-state index in [2.05, 4.69) is 4.98 Å². The number of hydrogen-bond donors (Lipinski definition) is 2. The van der Waals surface area contributed by atoms with Crippen LogP contribution in [0.1, 0.15) is 33.3 Å². The summed E-state index contributed by atoms with van der Waals surface area (Å²) in [5, 5.41) is 11.1. The largest absolute Gasteiger partial charge is 0.439 e. The lowest BCUT2D eigenvalue weighted by Gasteiger charge is -2.38. The highest BCUT2D eigenvalue weighted by molar-refractivity contribution is 7.16. The molecule has 0 aliphatic carbocycles. The Labute approximate surface area is 165 Å². The van der Waals surface area contributed by atoms with Gasteiger partial charge in [0.15, 0.2) is 0 Å². The summed E-state index contributed by atoms with van der Waals surface area (Å²) >= 11 is 0.577. The van der Waals surface area contributed by atoms with Gasteiger partial charge in [0.25, 0.3) is 5.91 Å². The molecule has 0 radical (unpaired) electrons.